The maximum absolute atomic E-state index is 12.0. The number of Topliss-reactive ketones (excluding diaryl/α,β-unsaturated/α-hetero) is 1. The molecule has 18 heavy (non-hydrogen) atoms. The van der Waals surface area contributed by atoms with Crippen LogP contribution in [-0.2, 0) is 17.8 Å². The van der Waals surface area contributed by atoms with E-state index in [1.807, 2.05) is 4.68 Å². The van der Waals surface area contributed by atoms with Crippen molar-refractivity contribution in [2.75, 3.05) is 0 Å². The Morgan fingerprint density at radius 3 is 2.83 bits per heavy atom. The van der Waals surface area contributed by atoms with E-state index in [1.54, 1.807) is 0 Å². The second kappa shape index (κ2) is 5.18. The molecule has 1 aliphatic rings. The average molecular weight is 250 g/mol. The van der Waals surface area contributed by atoms with Gasteiger partial charge < -0.3 is 5.73 Å². The van der Waals surface area contributed by atoms with Crippen LogP contribution in [0.3, 0.4) is 0 Å². The van der Waals surface area contributed by atoms with Gasteiger partial charge in [-0.25, -0.2) is 9.67 Å². The highest BCUT2D eigenvalue weighted by Crippen LogP contribution is 2.32. The van der Waals surface area contributed by atoms with Crippen LogP contribution in [0.1, 0.15) is 45.4 Å². The molecule has 0 aromatic carbocycles. The van der Waals surface area contributed by atoms with Gasteiger partial charge in [0.1, 0.15) is 17.9 Å². The van der Waals surface area contributed by atoms with Crippen LogP contribution in [-0.4, -0.2) is 26.1 Å². The highest BCUT2D eigenvalue weighted by atomic mass is 16.1. The highest BCUT2D eigenvalue weighted by molar-refractivity contribution is 5.81. The van der Waals surface area contributed by atoms with Gasteiger partial charge in [-0.05, 0) is 25.2 Å². The molecule has 100 valence electrons. The van der Waals surface area contributed by atoms with E-state index in [0.717, 1.165) is 31.6 Å². The Labute approximate surface area is 108 Å². The summed E-state index contributed by atoms with van der Waals surface area (Å²) >= 11 is 0. The van der Waals surface area contributed by atoms with E-state index in [-0.39, 0.29) is 11.3 Å². The molecule has 5 heteroatoms. The molecule has 0 bridgehead atoms. The van der Waals surface area contributed by atoms with E-state index in [1.165, 1.54) is 6.33 Å². The van der Waals surface area contributed by atoms with E-state index in [2.05, 4.69) is 23.9 Å². The predicted molar refractivity (Wildman–Crippen MR) is 69.0 cm³/mol. The van der Waals surface area contributed by atoms with Crippen molar-refractivity contribution < 1.29 is 4.79 Å². The Hall–Kier alpha value is -1.23. The summed E-state index contributed by atoms with van der Waals surface area (Å²) in [5, 5.41) is 4.16. The van der Waals surface area contributed by atoms with Gasteiger partial charge in [-0.2, -0.15) is 5.10 Å². The first-order valence-corrected chi connectivity index (χ1v) is 6.66. The summed E-state index contributed by atoms with van der Waals surface area (Å²) in [7, 11) is 0. The Morgan fingerprint density at radius 1 is 1.56 bits per heavy atom. The Bertz CT molecular complexity index is 420. The molecular weight excluding hydrogens is 228 g/mol. The molecule has 1 fully saturated rings. The number of ketones is 1. The molecular formula is C13H22N4O. The third-order valence-corrected chi connectivity index (χ3v) is 3.49. The van der Waals surface area contributed by atoms with Crippen molar-refractivity contribution in [3.8, 4) is 0 Å². The summed E-state index contributed by atoms with van der Waals surface area (Å²) in [5.74, 6) is 1.43. The Morgan fingerprint density at radius 2 is 2.28 bits per heavy atom. The lowest BCUT2D eigenvalue weighted by Crippen LogP contribution is -2.48. The van der Waals surface area contributed by atoms with Crippen LogP contribution in [0.2, 0.25) is 0 Å². The van der Waals surface area contributed by atoms with Gasteiger partial charge in [-0.3, -0.25) is 4.79 Å². The molecule has 0 aliphatic heterocycles. The average Bonchev–Trinajstić information content (AvgIpc) is 2.62. The molecule has 1 heterocycles. The molecule has 0 spiro atoms. The van der Waals surface area contributed by atoms with Crippen LogP contribution in [0, 0.1) is 5.92 Å². The lowest BCUT2D eigenvalue weighted by Gasteiger charge is -2.37. The van der Waals surface area contributed by atoms with E-state index in [0.29, 0.717) is 18.8 Å². The van der Waals surface area contributed by atoms with Gasteiger partial charge in [0.15, 0.2) is 0 Å². The van der Waals surface area contributed by atoms with Crippen LogP contribution < -0.4 is 5.73 Å². The van der Waals surface area contributed by atoms with E-state index in [4.69, 9.17) is 5.73 Å². The SMILES string of the molecule is CC(C)Cn1ncnc1CC(=O)CC1(N)CCC1. The van der Waals surface area contributed by atoms with Crippen LogP contribution in [0.25, 0.3) is 0 Å². The Kier molecular flexibility index (Phi) is 3.80. The maximum atomic E-state index is 12.0. The number of hydrogen-bond acceptors (Lipinski definition) is 4. The van der Waals surface area contributed by atoms with Crippen LogP contribution >= 0.6 is 0 Å². The fourth-order valence-electron chi connectivity index (χ4n) is 2.36. The lowest BCUT2D eigenvalue weighted by molar-refractivity contribution is -0.120. The standard InChI is InChI=1S/C13H22N4O/c1-10(2)8-17-12(15-9-16-17)6-11(18)7-13(14)4-3-5-13/h9-10H,3-8,14H2,1-2H3. The van der Waals surface area contributed by atoms with Gasteiger partial charge in [0.2, 0.25) is 0 Å². The van der Waals surface area contributed by atoms with E-state index >= 15 is 0 Å². The van der Waals surface area contributed by atoms with E-state index < -0.39 is 0 Å². The maximum Gasteiger partial charge on any atom is 0.142 e. The summed E-state index contributed by atoms with van der Waals surface area (Å²) in [6.07, 6.45) is 5.43. The van der Waals surface area contributed by atoms with Crippen molar-refractivity contribution in [3.05, 3.63) is 12.2 Å². The third kappa shape index (κ3) is 3.16. The second-order valence-corrected chi connectivity index (χ2v) is 5.86. The van der Waals surface area contributed by atoms with Gasteiger partial charge in [0.05, 0.1) is 6.42 Å². The number of rotatable bonds is 6. The summed E-state index contributed by atoms with van der Waals surface area (Å²) in [5.41, 5.74) is 5.85. The molecule has 0 unspecified atom stereocenters. The first-order valence-electron chi connectivity index (χ1n) is 6.66. The molecule has 0 saturated heterocycles. The molecule has 0 radical (unpaired) electrons. The van der Waals surface area contributed by atoms with Crippen LogP contribution in [0.15, 0.2) is 6.33 Å². The van der Waals surface area contributed by atoms with E-state index in [9.17, 15) is 4.79 Å². The summed E-state index contributed by atoms with van der Waals surface area (Å²) in [6, 6.07) is 0. The molecule has 1 aromatic heterocycles. The van der Waals surface area contributed by atoms with Crippen molar-refractivity contribution in [1.82, 2.24) is 14.8 Å². The zero-order valence-corrected chi connectivity index (χ0v) is 11.2. The third-order valence-electron chi connectivity index (χ3n) is 3.49. The second-order valence-electron chi connectivity index (χ2n) is 5.86. The zero-order chi connectivity index (χ0) is 13.2. The van der Waals surface area contributed by atoms with Gasteiger partial charge in [-0.15, -0.1) is 0 Å². The normalized spacial score (nSPS) is 17.8. The highest BCUT2D eigenvalue weighted by Gasteiger charge is 2.34. The topological polar surface area (TPSA) is 73.8 Å². The number of nitrogens with zero attached hydrogens (tertiary/aromatic N) is 3. The van der Waals surface area contributed by atoms with Crippen molar-refractivity contribution >= 4 is 5.78 Å². The largest absolute Gasteiger partial charge is 0.325 e. The minimum Gasteiger partial charge on any atom is -0.325 e. The molecule has 2 N–H and O–H groups in total. The number of aromatic nitrogens is 3. The fraction of sp³-hybridized carbons (Fsp3) is 0.769. The lowest BCUT2D eigenvalue weighted by atomic mass is 9.74. The number of carbonyl (C=O) groups is 1. The monoisotopic (exact) mass is 250 g/mol. The van der Waals surface area contributed by atoms with Crippen molar-refractivity contribution in [2.24, 2.45) is 11.7 Å². The predicted octanol–water partition coefficient (Wildman–Crippen LogP) is 1.32. The molecule has 0 amide bonds. The van der Waals surface area contributed by atoms with Gasteiger partial charge in [0.25, 0.3) is 0 Å². The van der Waals surface area contributed by atoms with Crippen molar-refractivity contribution in [2.45, 2.75) is 58.0 Å². The molecule has 1 aliphatic carbocycles. The molecule has 5 nitrogen and oxygen atoms in total. The summed E-state index contributed by atoms with van der Waals surface area (Å²) in [4.78, 5) is 16.2. The number of nitrogens with two attached hydrogens (primary N) is 1. The quantitative estimate of drug-likeness (QED) is 0.826. The first kappa shape index (κ1) is 13.2. The molecule has 2 rings (SSSR count). The molecule has 0 atom stereocenters. The van der Waals surface area contributed by atoms with Crippen molar-refractivity contribution in [3.63, 3.8) is 0 Å². The van der Waals surface area contributed by atoms with Gasteiger partial charge in [-0.1, -0.05) is 13.8 Å². The number of hydrogen-bond donors (Lipinski definition) is 1. The van der Waals surface area contributed by atoms with Gasteiger partial charge in [0, 0.05) is 18.5 Å². The minimum atomic E-state index is -0.236. The minimum absolute atomic E-state index is 0.176. The molecule has 1 aromatic rings. The fourth-order valence-corrected chi connectivity index (χ4v) is 2.36. The van der Waals surface area contributed by atoms with Crippen LogP contribution in [0.5, 0.6) is 0 Å². The zero-order valence-electron chi connectivity index (χ0n) is 11.2. The Balaban J connectivity index is 1.92. The van der Waals surface area contributed by atoms with Crippen LogP contribution in [0.4, 0.5) is 0 Å². The van der Waals surface area contributed by atoms with Gasteiger partial charge >= 0.3 is 0 Å². The number of carbonyl (C=O) groups excluding carboxylic acids is 1. The summed E-state index contributed by atoms with van der Waals surface area (Å²) in [6.45, 7) is 5.05. The smallest absolute Gasteiger partial charge is 0.142 e. The van der Waals surface area contributed by atoms with Crippen molar-refractivity contribution in [1.29, 1.82) is 0 Å². The summed E-state index contributed by atoms with van der Waals surface area (Å²) < 4.78 is 1.83. The molecule has 1 saturated carbocycles. The first-order chi connectivity index (χ1) is 8.48.